The van der Waals surface area contributed by atoms with Crippen LogP contribution in [0.5, 0.6) is 0 Å². The van der Waals surface area contributed by atoms with Crippen LogP contribution in [0.15, 0.2) is 59.6 Å². The van der Waals surface area contributed by atoms with Crippen molar-refractivity contribution < 1.29 is 38.8 Å². The lowest BCUT2D eigenvalue weighted by Crippen LogP contribution is -2.56. The molecule has 0 radical (unpaired) electrons. The Balaban J connectivity index is 2.12. The maximum Gasteiger partial charge on any atom is 0.303 e. The van der Waals surface area contributed by atoms with Gasteiger partial charge in [-0.3, -0.25) is 43.9 Å². The molecule has 0 spiro atoms. The highest BCUT2D eigenvalue weighted by Crippen LogP contribution is 2.16. The quantitative estimate of drug-likeness (QED) is 0.0308. The average molecular weight is 698 g/mol. The first-order valence-electron chi connectivity index (χ1n) is 15.8. The number of non-ortho nitro benzene ring substituents is 1. The molecule has 2 aromatic rings. The van der Waals surface area contributed by atoms with Gasteiger partial charge in [0.2, 0.25) is 23.6 Å². The summed E-state index contributed by atoms with van der Waals surface area (Å²) in [5, 5.41) is 32.8. The van der Waals surface area contributed by atoms with Crippen molar-refractivity contribution >= 4 is 52.8 Å². The van der Waals surface area contributed by atoms with E-state index in [0.29, 0.717) is 12.0 Å². The second kappa shape index (κ2) is 20.3. The molecule has 0 aliphatic heterocycles. The highest BCUT2D eigenvalue weighted by molar-refractivity contribution is 5.99. The topological polar surface area (TPSA) is 290 Å². The molecule has 5 amide bonds. The van der Waals surface area contributed by atoms with E-state index in [1.54, 1.807) is 37.3 Å². The highest BCUT2D eigenvalue weighted by Gasteiger charge is 2.31. The molecule has 0 aliphatic carbocycles. The summed E-state index contributed by atoms with van der Waals surface area (Å²) in [5.74, 6) is -5.31. The number of benzene rings is 2. The summed E-state index contributed by atoms with van der Waals surface area (Å²) >= 11 is 0. The number of aliphatic carboxylic acids is 1. The molecule has 0 unspecified atom stereocenters. The van der Waals surface area contributed by atoms with E-state index in [1.807, 2.05) is 6.92 Å². The molecule has 0 aliphatic rings. The highest BCUT2D eigenvalue weighted by atomic mass is 16.6. The molecule has 0 saturated carbocycles. The molecular formula is C32H43N9O9. The fourth-order valence-corrected chi connectivity index (χ4v) is 4.52. The first-order chi connectivity index (χ1) is 23.7. The van der Waals surface area contributed by atoms with Gasteiger partial charge < -0.3 is 43.2 Å². The number of nitrogens with two attached hydrogens (primary N) is 2. The Labute approximate surface area is 288 Å². The zero-order chi connectivity index (χ0) is 37.2. The zero-order valence-electron chi connectivity index (χ0n) is 27.7. The van der Waals surface area contributed by atoms with Crippen LogP contribution in [0.3, 0.4) is 0 Å². The molecule has 0 bridgehead atoms. The molecule has 2 rings (SSSR count). The second-order valence-corrected chi connectivity index (χ2v) is 11.3. The minimum Gasteiger partial charge on any atom is -0.481 e. The Kier molecular flexibility index (Phi) is 16.3. The van der Waals surface area contributed by atoms with Gasteiger partial charge in [0, 0.05) is 36.3 Å². The minimum absolute atomic E-state index is 0.0677. The summed E-state index contributed by atoms with van der Waals surface area (Å²) in [6.45, 7) is 3.04. The van der Waals surface area contributed by atoms with Crippen molar-refractivity contribution in [2.45, 2.75) is 64.1 Å². The molecule has 0 heterocycles. The number of nitro groups is 1. The zero-order valence-corrected chi connectivity index (χ0v) is 27.7. The number of carbonyl (C=O) groups is 6. The van der Waals surface area contributed by atoms with Crippen molar-refractivity contribution in [2.24, 2.45) is 22.4 Å². The maximum atomic E-state index is 13.4. The Bertz CT molecular complexity index is 1530. The van der Waals surface area contributed by atoms with E-state index < -0.39 is 71.5 Å². The predicted molar refractivity (Wildman–Crippen MR) is 183 cm³/mol. The number of hydrogen-bond acceptors (Lipinski definition) is 9. The lowest BCUT2D eigenvalue weighted by Gasteiger charge is -2.26. The van der Waals surface area contributed by atoms with Crippen LogP contribution in [-0.2, 0) is 24.0 Å². The van der Waals surface area contributed by atoms with Gasteiger partial charge in [-0.15, -0.1) is 0 Å². The normalized spacial score (nSPS) is 12.9. The number of anilines is 1. The fraction of sp³-hybridized carbons (Fsp3) is 0.406. The molecule has 0 aromatic heterocycles. The van der Waals surface area contributed by atoms with E-state index in [1.165, 1.54) is 24.3 Å². The van der Waals surface area contributed by atoms with Gasteiger partial charge in [-0.05, 0) is 49.4 Å². The van der Waals surface area contributed by atoms with Gasteiger partial charge in [-0.1, -0.05) is 38.5 Å². The molecule has 18 heteroatoms. The molecule has 10 N–H and O–H groups in total. The molecule has 2 aromatic carbocycles. The molecule has 50 heavy (non-hydrogen) atoms. The Morgan fingerprint density at radius 3 is 2.10 bits per heavy atom. The number of nitrogens with one attached hydrogen (secondary N) is 5. The molecule has 18 nitrogen and oxygen atoms in total. The average Bonchev–Trinajstić information content (AvgIpc) is 3.08. The standard InChI is InChI=1S/C32H43N9O9/c1-3-19(2)27(40-28(45)20-8-5-4-6-9-20)31(48)39-24(15-16-26(43)44)29(46)36-18-25(42)38-23(10-7-17-35-32(33)34)30(47)37-21-11-13-22(14-12-21)41(49)50/h4-6,8-9,11-14,19,23-24,27H,3,7,10,15-18H2,1-2H3,(H,36,46)(H,37,47)(H,38,42)(H,39,48)(H,40,45)(H,43,44)(H4,33,34,35)/t19-,23+,24-,27-/m0/s1. The number of carboxylic acid groups (broad SMARTS) is 1. The van der Waals surface area contributed by atoms with Gasteiger partial charge >= 0.3 is 5.97 Å². The lowest BCUT2D eigenvalue weighted by atomic mass is 9.97. The van der Waals surface area contributed by atoms with Crippen LogP contribution in [0.25, 0.3) is 0 Å². The smallest absolute Gasteiger partial charge is 0.303 e. The largest absolute Gasteiger partial charge is 0.481 e. The first-order valence-corrected chi connectivity index (χ1v) is 15.8. The summed E-state index contributed by atoms with van der Waals surface area (Å²) < 4.78 is 0. The van der Waals surface area contributed by atoms with Crippen molar-refractivity contribution in [3.8, 4) is 0 Å². The summed E-state index contributed by atoms with van der Waals surface area (Å²) in [4.78, 5) is 90.8. The Morgan fingerprint density at radius 1 is 0.880 bits per heavy atom. The predicted octanol–water partition coefficient (Wildman–Crippen LogP) is 0.382. The van der Waals surface area contributed by atoms with Crippen molar-refractivity contribution in [1.82, 2.24) is 21.3 Å². The number of nitro benzene ring substituents is 1. The van der Waals surface area contributed by atoms with Crippen molar-refractivity contribution in [2.75, 3.05) is 18.4 Å². The monoisotopic (exact) mass is 697 g/mol. The molecule has 0 fully saturated rings. The van der Waals surface area contributed by atoms with Crippen LogP contribution < -0.4 is 38.1 Å². The van der Waals surface area contributed by atoms with E-state index >= 15 is 0 Å². The molecular weight excluding hydrogens is 654 g/mol. The third-order valence-electron chi connectivity index (χ3n) is 7.46. The Hall–Kier alpha value is -6.07. The van der Waals surface area contributed by atoms with Gasteiger partial charge in [0.05, 0.1) is 11.5 Å². The number of amides is 5. The van der Waals surface area contributed by atoms with Gasteiger partial charge in [0.25, 0.3) is 11.6 Å². The summed E-state index contributed by atoms with van der Waals surface area (Å²) in [7, 11) is 0. The van der Waals surface area contributed by atoms with Crippen LogP contribution in [0.1, 0.15) is 56.3 Å². The minimum atomic E-state index is -1.38. The van der Waals surface area contributed by atoms with Gasteiger partial charge in [-0.25, -0.2) is 0 Å². The van der Waals surface area contributed by atoms with Crippen molar-refractivity contribution in [1.29, 1.82) is 0 Å². The number of aliphatic imine (C=N–C) groups is 1. The first kappa shape index (κ1) is 40.1. The number of hydrogen-bond donors (Lipinski definition) is 8. The van der Waals surface area contributed by atoms with Crippen LogP contribution in [0.4, 0.5) is 11.4 Å². The van der Waals surface area contributed by atoms with Crippen LogP contribution in [0.2, 0.25) is 0 Å². The maximum absolute atomic E-state index is 13.4. The van der Waals surface area contributed by atoms with E-state index in [9.17, 15) is 44.0 Å². The van der Waals surface area contributed by atoms with Gasteiger partial charge in [-0.2, -0.15) is 0 Å². The number of rotatable bonds is 20. The van der Waals surface area contributed by atoms with Crippen LogP contribution in [0, 0.1) is 16.0 Å². The van der Waals surface area contributed by atoms with E-state index in [2.05, 4.69) is 31.6 Å². The number of nitrogens with zero attached hydrogens (tertiary/aromatic N) is 2. The number of carbonyl (C=O) groups excluding carboxylic acids is 5. The van der Waals surface area contributed by atoms with Crippen molar-refractivity contribution in [3.05, 3.63) is 70.3 Å². The van der Waals surface area contributed by atoms with Gasteiger partial charge in [0.1, 0.15) is 18.1 Å². The number of guanidine groups is 1. The van der Waals surface area contributed by atoms with Gasteiger partial charge in [0.15, 0.2) is 5.96 Å². The van der Waals surface area contributed by atoms with Crippen LogP contribution >= 0.6 is 0 Å². The Morgan fingerprint density at radius 2 is 1.52 bits per heavy atom. The number of carboxylic acids is 1. The SMILES string of the molecule is CC[C@H](C)[C@H](NC(=O)c1ccccc1)C(=O)N[C@@H](CCC(=O)O)C(=O)NCC(=O)N[C@H](CCCN=C(N)N)C(=O)Nc1ccc([N+](=O)[O-])cc1. The third-order valence-corrected chi connectivity index (χ3v) is 7.46. The van der Waals surface area contributed by atoms with E-state index in [-0.39, 0.29) is 49.1 Å². The second-order valence-electron chi connectivity index (χ2n) is 11.3. The van der Waals surface area contributed by atoms with E-state index in [0.717, 1.165) is 0 Å². The lowest BCUT2D eigenvalue weighted by molar-refractivity contribution is -0.384. The fourth-order valence-electron chi connectivity index (χ4n) is 4.52. The summed E-state index contributed by atoms with van der Waals surface area (Å²) in [6, 6.07) is 9.63. The van der Waals surface area contributed by atoms with Crippen LogP contribution in [-0.4, -0.2) is 82.7 Å². The van der Waals surface area contributed by atoms with E-state index in [4.69, 9.17) is 11.5 Å². The molecule has 4 atom stereocenters. The third kappa shape index (κ3) is 14.0. The van der Waals surface area contributed by atoms with Crippen molar-refractivity contribution in [3.63, 3.8) is 0 Å². The molecule has 270 valence electrons. The molecule has 0 saturated heterocycles. The summed E-state index contributed by atoms with van der Waals surface area (Å²) in [5.41, 5.74) is 11.0. The summed E-state index contributed by atoms with van der Waals surface area (Å²) in [6.07, 6.45) is 0.0158.